The number of aromatic hydroxyl groups is 2. The van der Waals surface area contributed by atoms with Gasteiger partial charge in [-0.2, -0.15) is 0 Å². The number of hydrogen-bond acceptors (Lipinski definition) is 4. The monoisotopic (exact) mass is 338 g/mol. The number of carboxylic acid groups (broad SMARTS) is 1. The first-order valence-corrected chi connectivity index (χ1v) is 8.95. The maximum atomic E-state index is 11.6. The lowest BCUT2D eigenvalue weighted by molar-refractivity contribution is 0.0688. The van der Waals surface area contributed by atoms with Crippen LogP contribution in [-0.4, -0.2) is 27.9 Å². The Morgan fingerprint density at radius 2 is 1.42 bits per heavy atom. The summed E-state index contributed by atoms with van der Waals surface area (Å²) < 4.78 is 5.59. The van der Waals surface area contributed by atoms with Gasteiger partial charge in [-0.1, -0.05) is 39.5 Å². The van der Waals surface area contributed by atoms with Gasteiger partial charge in [0.2, 0.25) is 0 Å². The average Bonchev–Trinajstić information content (AvgIpc) is 2.54. The van der Waals surface area contributed by atoms with Gasteiger partial charge in [-0.05, 0) is 32.6 Å². The summed E-state index contributed by atoms with van der Waals surface area (Å²) in [6.45, 7) is 6.28. The molecule has 0 heterocycles. The fourth-order valence-electron chi connectivity index (χ4n) is 2.94. The smallest absolute Gasteiger partial charge is 0.343 e. The lowest BCUT2D eigenvalue weighted by Crippen LogP contribution is -2.10. The van der Waals surface area contributed by atoms with Gasteiger partial charge < -0.3 is 20.1 Å². The van der Waals surface area contributed by atoms with Gasteiger partial charge in [-0.15, -0.1) is 0 Å². The third-order valence-corrected chi connectivity index (χ3v) is 4.18. The van der Waals surface area contributed by atoms with Crippen LogP contribution in [0.4, 0.5) is 0 Å². The van der Waals surface area contributed by atoms with E-state index in [0.717, 1.165) is 44.1 Å². The van der Waals surface area contributed by atoms with E-state index in [1.807, 2.05) is 0 Å². The molecule has 0 bridgehead atoms. The average molecular weight is 338 g/mol. The van der Waals surface area contributed by atoms with Crippen LogP contribution < -0.4 is 4.74 Å². The van der Waals surface area contributed by atoms with Gasteiger partial charge >= 0.3 is 5.97 Å². The highest BCUT2D eigenvalue weighted by atomic mass is 16.5. The van der Waals surface area contributed by atoms with Gasteiger partial charge in [0, 0.05) is 11.1 Å². The minimum absolute atomic E-state index is 0.211. The second kappa shape index (κ2) is 10.1. The Hall–Kier alpha value is -1.91. The fraction of sp³-hybridized carbons (Fsp3) is 0.632. The normalized spacial score (nSPS) is 10.8. The Labute approximate surface area is 144 Å². The molecule has 0 aliphatic carbocycles. The minimum Gasteiger partial charge on any atom is -0.504 e. The first-order valence-electron chi connectivity index (χ1n) is 8.95. The number of benzene rings is 1. The van der Waals surface area contributed by atoms with Crippen LogP contribution in [0.3, 0.4) is 0 Å². The summed E-state index contributed by atoms with van der Waals surface area (Å²) >= 11 is 0. The SMILES string of the molecule is CCCCCc1c(O)c(O)c(C(=O)O)c(OCC)c1CCCCC. The van der Waals surface area contributed by atoms with E-state index in [1.165, 1.54) is 0 Å². The maximum Gasteiger partial charge on any atom is 0.343 e. The summed E-state index contributed by atoms with van der Waals surface area (Å²) in [4.78, 5) is 11.6. The molecule has 3 N–H and O–H groups in total. The van der Waals surface area contributed by atoms with Crippen molar-refractivity contribution in [3.63, 3.8) is 0 Å². The Balaban J connectivity index is 3.43. The predicted molar refractivity (Wildman–Crippen MR) is 94.4 cm³/mol. The summed E-state index contributed by atoms with van der Waals surface area (Å²) in [7, 11) is 0. The number of ether oxygens (including phenoxy) is 1. The van der Waals surface area contributed by atoms with Gasteiger partial charge in [-0.3, -0.25) is 0 Å². The minimum atomic E-state index is -1.29. The molecule has 0 atom stereocenters. The van der Waals surface area contributed by atoms with E-state index in [-0.39, 0.29) is 17.1 Å². The van der Waals surface area contributed by atoms with E-state index in [2.05, 4.69) is 13.8 Å². The highest BCUT2D eigenvalue weighted by Crippen LogP contribution is 2.44. The van der Waals surface area contributed by atoms with Crippen molar-refractivity contribution in [2.24, 2.45) is 0 Å². The maximum absolute atomic E-state index is 11.6. The van der Waals surface area contributed by atoms with Crippen molar-refractivity contribution >= 4 is 5.97 Å². The molecule has 5 heteroatoms. The summed E-state index contributed by atoms with van der Waals surface area (Å²) in [5, 5.41) is 30.0. The number of carboxylic acids is 1. The number of phenols is 2. The van der Waals surface area contributed by atoms with Crippen LogP contribution in [0.25, 0.3) is 0 Å². The molecule has 136 valence electrons. The molecule has 0 spiro atoms. The molecule has 0 aliphatic heterocycles. The zero-order valence-corrected chi connectivity index (χ0v) is 15.0. The van der Waals surface area contributed by atoms with Gasteiger partial charge in [0.1, 0.15) is 11.3 Å². The van der Waals surface area contributed by atoms with Gasteiger partial charge in [0.05, 0.1) is 6.61 Å². The molecule has 0 aliphatic rings. The number of hydrogen-bond donors (Lipinski definition) is 3. The van der Waals surface area contributed by atoms with Crippen molar-refractivity contribution in [2.45, 2.75) is 72.1 Å². The van der Waals surface area contributed by atoms with E-state index in [1.54, 1.807) is 6.92 Å². The van der Waals surface area contributed by atoms with Crippen LogP contribution in [0.5, 0.6) is 17.2 Å². The number of rotatable bonds is 11. The van der Waals surface area contributed by atoms with Gasteiger partial charge in [0.25, 0.3) is 0 Å². The van der Waals surface area contributed by atoms with Crippen LogP contribution in [0, 0.1) is 0 Å². The molecule has 0 fully saturated rings. The molecule has 1 aromatic carbocycles. The van der Waals surface area contributed by atoms with Crippen molar-refractivity contribution in [1.82, 2.24) is 0 Å². The number of carbonyl (C=O) groups is 1. The molecular weight excluding hydrogens is 308 g/mol. The summed E-state index contributed by atoms with van der Waals surface area (Å²) in [5.74, 6) is -1.97. The van der Waals surface area contributed by atoms with Crippen molar-refractivity contribution in [1.29, 1.82) is 0 Å². The summed E-state index contributed by atoms with van der Waals surface area (Å²) in [6, 6.07) is 0. The van der Waals surface area contributed by atoms with Gasteiger partial charge in [0.15, 0.2) is 11.5 Å². The summed E-state index contributed by atoms with van der Waals surface area (Å²) in [6.07, 6.45) is 7.13. The Bertz CT molecular complexity index is 551. The zero-order chi connectivity index (χ0) is 18.1. The third-order valence-electron chi connectivity index (χ3n) is 4.18. The van der Waals surface area contributed by atoms with Crippen molar-refractivity contribution in [3.05, 3.63) is 16.7 Å². The molecular formula is C19H30O5. The zero-order valence-electron chi connectivity index (χ0n) is 15.0. The van der Waals surface area contributed by atoms with Gasteiger partial charge in [-0.25, -0.2) is 4.79 Å². The number of unbranched alkanes of at least 4 members (excludes halogenated alkanes) is 4. The highest BCUT2D eigenvalue weighted by Gasteiger charge is 2.28. The molecule has 0 amide bonds. The topological polar surface area (TPSA) is 87.0 Å². The summed E-state index contributed by atoms with van der Waals surface area (Å²) in [5.41, 5.74) is 1.03. The molecule has 0 saturated heterocycles. The predicted octanol–water partition coefficient (Wildman–Crippen LogP) is 4.66. The molecule has 5 nitrogen and oxygen atoms in total. The van der Waals surface area contributed by atoms with Crippen LogP contribution in [0.2, 0.25) is 0 Å². The Morgan fingerprint density at radius 3 is 1.88 bits per heavy atom. The molecule has 0 radical (unpaired) electrons. The van der Waals surface area contributed by atoms with Crippen LogP contribution >= 0.6 is 0 Å². The standard InChI is InChI=1S/C19H30O5/c1-4-7-9-11-13-14(12-10-8-5-2)18(24-6-3)15(19(22)23)17(21)16(13)20/h20-21H,4-12H2,1-3H3,(H,22,23). The Morgan fingerprint density at radius 1 is 0.875 bits per heavy atom. The van der Waals surface area contributed by atoms with E-state index >= 15 is 0 Å². The number of phenolic OH excluding ortho intramolecular Hbond substituents is 1. The Kier molecular flexibility index (Phi) is 8.44. The van der Waals surface area contributed by atoms with E-state index in [9.17, 15) is 20.1 Å². The largest absolute Gasteiger partial charge is 0.504 e. The molecule has 0 aromatic heterocycles. The second-order valence-corrected chi connectivity index (χ2v) is 6.01. The quantitative estimate of drug-likeness (QED) is 0.403. The van der Waals surface area contributed by atoms with E-state index in [0.29, 0.717) is 25.0 Å². The lowest BCUT2D eigenvalue weighted by Gasteiger charge is -2.20. The molecule has 24 heavy (non-hydrogen) atoms. The van der Waals surface area contributed by atoms with Crippen molar-refractivity contribution < 1.29 is 24.9 Å². The molecule has 1 aromatic rings. The fourth-order valence-corrected chi connectivity index (χ4v) is 2.94. The third kappa shape index (κ3) is 4.79. The van der Waals surface area contributed by atoms with E-state index < -0.39 is 11.7 Å². The van der Waals surface area contributed by atoms with Crippen LogP contribution in [0.15, 0.2) is 0 Å². The van der Waals surface area contributed by atoms with Crippen LogP contribution in [0.1, 0.15) is 80.8 Å². The first kappa shape index (κ1) is 20.1. The second-order valence-electron chi connectivity index (χ2n) is 6.01. The lowest BCUT2D eigenvalue weighted by atomic mass is 9.92. The first-order chi connectivity index (χ1) is 11.5. The number of aromatic carboxylic acids is 1. The van der Waals surface area contributed by atoms with Crippen molar-refractivity contribution in [2.75, 3.05) is 6.61 Å². The van der Waals surface area contributed by atoms with Crippen LogP contribution in [-0.2, 0) is 12.8 Å². The van der Waals surface area contributed by atoms with E-state index in [4.69, 9.17) is 4.74 Å². The molecule has 0 unspecified atom stereocenters. The molecule has 1 rings (SSSR count). The van der Waals surface area contributed by atoms with Crippen molar-refractivity contribution in [3.8, 4) is 17.2 Å². The molecule has 0 saturated carbocycles. The highest BCUT2D eigenvalue weighted by molar-refractivity contribution is 5.96.